The number of nitrogen functional groups attached to an aromatic ring is 1. The maximum absolute atomic E-state index is 12.2. The number of aryl methyl sites for hydroxylation is 2. The van der Waals surface area contributed by atoms with Gasteiger partial charge in [-0.3, -0.25) is 9.89 Å². The van der Waals surface area contributed by atoms with Crippen molar-refractivity contribution in [1.29, 1.82) is 0 Å². The SMILES string of the molecule is CCc1[nH]nc(C(=O)Nc2cccc(CCCO)c2)c1N. The monoisotopic (exact) mass is 288 g/mol. The molecule has 5 N–H and O–H groups in total. The first-order chi connectivity index (χ1) is 10.2. The first kappa shape index (κ1) is 15.1. The number of amides is 1. The molecule has 0 fully saturated rings. The van der Waals surface area contributed by atoms with Crippen LogP contribution in [0.2, 0.25) is 0 Å². The number of benzene rings is 1. The third-order valence-corrected chi connectivity index (χ3v) is 3.26. The number of nitrogens with two attached hydrogens (primary N) is 1. The third-order valence-electron chi connectivity index (χ3n) is 3.26. The highest BCUT2D eigenvalue weighted by Crippen LogP contribution is 2.17. The highest BCUT2D eigenvalue weighted by molar-refractivity contribution is 6.06. The minimum Gasteiger partial charge on any atom is -0.396 e. The summed E-state index contributed by atoms with van der Waals surface area (Å²) in [5.74, 6) is -0.331. The lowest BCUT2D eigenvalue weighted by Crippen LogP contribution is -2.14. The van der Waals surface area contributed by atoms with Crippen molar-refractivity contribution >= 4 is 17.3 Å². The molecule has 21 heavy (non-hydrogen) atoms. The molecule has 0 atom stereocenters. The Morgan fingerprint density at radius 2 is 2.29 bits per heavy atom. The number of rotatable bonds is 6. The van der Waals surface area contributed by atoms with Crippen molar-refractivity contribution < 1.29 is 9.90 Å². The zero-order valence-electron chi connectivity index (χ0n) is 12.0. The van der Waals surface area contributed by atoms with Crippen molar-refractivity contribution in [1.82, 2.24) is 10.2 Å². The maximum atomic E-state index is 12.2. The van der Waals surface area contributed by atoms with Crippen molar-refractivity contribution in [2.75, 3.05) is 17.7 Å². The van der Waals surface area contributed by atoms with Gasteiger partial charge in [0, 0.05) is 12.3 Å². The van der Waals surface area contributed by atoms with Crippen LogP contribution in [0.1, 0.15) is 35.1 Å². The predicted octanol–water partition coefficient (Wildman–Crippen LogP) is 1.73. The Morgan fingerprint density at radius 1 is 1.48 bits per heavy atom. The second-order valence-corrected chi connectivity index (χ2v) is 4.80. The van der Waals surface area contributed by atoms with Crippen molar-refractivity contribution in [3.8, 4) is 0 Å². The number of aromatic nitrogens is 2. The molecule has 0 aliphatic rings. The molecule has 0 saturated carbocycles. The number of nitrogens with zero attached hydrogens (tertiary/aromatic N) is 1. The summed E-state index contributed by atoms with van der Waals surface area (Å²) in [6, 6.07) is 7.53. The van der Waals surface area contributed by atoms with Gasteiger partial charge in [0.25, 0.3) is 5.91 Å². The normalized spacial score (nSPS) is 10.6. The van der Waals surface area contributed by atoms with Gasteiger partial charge in [-0.2, -0.15) is 5.10 Å². The lowest BCUT2D eigenvalue weighted by atomic mass is 10.1. The Kier molecular flexibility index (Phi) is 4.94. The summed E-state index contributed by atoms with van der Waals surface area (Å²) in [6.07, 6.45) is 2.16. The summed E-state index contributed by atoms with van der Waals surface area (Å²) < 4.78 is 0. The third kappa shape index (κ3) is 3.61. The molecule has 0 aliphatic carbocycles. The number of carbonyl (C=O) groups excluding carboxylic acids is 1. The van der Waals surface area contributed by atoms with Crippen LogP contribution in [-0.4, -0.2) is 27.8 Å². The number of aliphatic hydroxyl groups excluding tert-OH is 1. The van der Waals surface area contributed by atoms with E-state index in [1.54, 1.807) is 0 Å². The van der Waals surface area contributed by atoms with Crippen LogP contribution in [0.15, 0.2) is 24.3 Å². The number of anilines is 2. The van der Waals surface area contributed by atoms with Crippen molar-refractivity contribution in [2.45, 2.75) is 26.2 Å². The molecule has 0 aliphatic heterocycles. The highest BCUT2D eigenvalue weighted by atomic mass is 16.2. The first-order valence-electron chi connectivity index (χ1n) is 6.99. The standard InChI is InChI=1S/C15H20N4O2/c1-2-12-13(16)14(19-18-12)15(21)17-11-7-3-5-10(9-11)6-4-8-20/h3,5,7,9,20H,2,4,6,8,16H2,1H3,(H,17,21)(H,18,19). The summed E-state index contributed by atoms with van der Waals surface area (Å²) in [5, 5.41) is 18.4. The van der Waals surface area contributed by atoms with Gasteiger partial charge in [-0.25, -0.2) is 0 Å². The van der Waals surface area contributed by atoms with E-state index < -0.39 is 0 Å². The summed E-state index contributed by atoms with van der Waals surface area (Å²) >= 11 is 0. The fourth-order valence-corrected chi connectivity index (χ4v) is 2.11. The fraction of sp³-hybridized carbons (Fsp3) is 0.333. The number of H-pyrrole nitrogens is 1. The Balaban J connectivity index is 2.10. The van der Waals surface area contributed by atoms with Gasteiger partial charge in [0.15, 0.2) is 5.69 Å². The second kappa shape index (κ2) is 6.90. The number of carbonyl (C=O) groups is 1. The molecule has 1 aromatic heterocycles. The fourth-order valence-electron chi connectivity index (χ4n) is 2.11. The van der Waals surface area contributed by atoms with Gasteiger partial charge >= 0.3 is 0 Å². The van der Waals surface area contributed by atoms with Crippen molar-refractivity contribution in [3.63, 3.8) is 0 Å². The number of aliphatic hydroxyl groups is 1. The molecule has 0 saturated heterocycles. The van der Waals surface area contributed by atoms with Crippen LogP contribution in [0, 0.1) is 0 Å². The molecule has 112 valence electrons. The van der Waals surface area contributed by atoms with Gasteiger partial charge in [-0.15, -0.1) is 0 Å². The quantitative estimate of drug-likeness (QED) is 0.649. The predicted molar refractivity (Wildman–Crippen MR) is 82.2 cm³/mol. The molecule has 2 rings (SSSR count). The molecular weight excluding hydrogens is 268 g/mol. The smallest absolute Gasteiger partial charge is 0.278 e. The van der Waals surface area contributed by atoms with Crippen LogP contribution in [-0.2, 0) is 12.8 Å². The molecule has 0 unspecified atom stereocenters. The van der Waals surface area contributed by atoms with E-state index in [1.807, 2.05) is 31.2 Å². The van der Waals surface area contributed by atoms with Crippen LogP contribution in [0.3, 0.4) is 0 Å². The number of hydrogen-bond donors (Lipinski definition) is 4. The molecular formula is C15H20N4O2. The van der Waals surface area contributed by atoms with E-state index in [0.29, 0.717) is 24.2 Å². The zero-order chi connectivity index (χ0) is 15.2. The second-order valence-electron chi connectivity index (χ2n) is 4.80. The van der Waals surface area contributed by atoms with Crippen LogP contribution in [0.4, 0.5) is 11.4 Å². The molecule has 1 aromatic carbocycles. The number of hydrogen-bond acceptors (Lipinski definition) is 4. The summed E-state index contributed by atoms with van der Waals surface area (Å²) in [7, 11) is 0. The maximum Gasteiger partial charge on any atom is 0.278 e. The van der Waals surface area contributed by atoms with E-state index in [4.69, 9.17) is 10.8 Å². The van der Waals surface area contributed by atoms with Gasteiger partial charge < -0.3 is 16.2 Å². The molecule has 1 amide bonds. The van der Waals surface area contributed by atoms with E-state index in [2.05, 4.69) is 15.5 Å². The highest BCUT2D eigenvalue weighted by Gasteiger charge is 2.16. The van der Waals surface area contributed by atoms with Crippen molar-refractivity contribution in [2.24, 2.45) is 0 Å². The summed E-state index contributed by atoms with van der Waals surface area (Å²) in [6.45, 7) is 2.09. The van der Waals surface area contributed by atoms with Gasteiger partial charge in [0.2, 0.25) is 0 Å². The van der Waals surface area contributed by atoms with Crippen molar-refractivity contribution in [3.05, 3.63) is 41.2 Å². The summed E-state index contributed by atoms with van der Waals surface area (Å²) in [4.78, 5) is 12.2. The number of aromatic amines is 1. The molecule has 1 heterocycles. The Bertz CT molecular complexity index is 622. The van der Waals surface area contributed by atoms with E-state index in [-0.39, 0.29) is 18.2 Å². The molecule has 6 heteroatoms. The largest absolute Gasteiger partial charge is 0.396 e. The number of nitrogens with one attached hydrogen (secondary N) is 2. The summed E-state index contributed by atoms with van der Waals surface area (Å²) in [5.41, 5.74) is 9.00. The molecule has 0 bridgehead atoms. The van der Waals surface area contributed by atoms with Gasteiger partial charge in [-0.05, 0) is 37.0 Å². The average Bonchev–Trinajstić information content (AvgIpc) is 2.86. The van der Waals surface area contributed by atoms with Crippen LogP contribution in [0.25, 0.3) is 0 Å². The molecule has 0 spiro atoms. The van der Waals surface area contributed by atoms with E-state index in [9.17, 15) is 4.79 Å². The Morgan fingerprint density at radius 3 is 2.95 bits per heavy atom. The van der Waals surface area contributed by atoms with Crippen LogP contribution < -0.4 is 11.1 Å². The van der Waals surface area contributed by atoms with Gasteiger partial charge in [0.1, 0.15) is 0 Å². The lowest BCUT2D eigenvalue weighted by molar-refractivity contribution is 0.102. The minimum absolute atomic E-state index is 0.153. The Labute approximate surface area is 123 Å². The van der Waals surface area contributed by atoms with Crippen LogP contribution in [0.5, 0.6) is 0 Å². The molecule has 6 nitrogen and oxygen atoms in total. The lowest BCUT2D eigenvalue weighted by Gasteiger charge is -2.06. The van der Waals surface area contributed by atoms with Gasteiger partial charge in [-0.1, -0.05) is 19.1 Å². The van der Waals surface area contributed by atoms with Gasteiger partial charge in [0.05, 0.1) is 11.4 Å². The zero-order valence-corrected chi connectivity index (χ0v) is 12.0. The topological polar surface area (TPSA) is 104 Å². The van der Waals surface area contributed by atoms with Crippen LogP contribution >= 0.6 is 0 Å². The minimum atomic E-state index is -0.331. The average molecular weight is 288 g/mol. The molecule has 0 radical (unpaired) electrons. The van der Waals surface area contributed by atoms with E-state index in [0.717, 1.165) is 17.7 Å². The molecule has 2 aromatic rings. The van der Waals surface area contributed by atoms with E-state index >= 15 is 0 Å². The first-order valence-corrected chi connectivity index (χ1v) is 6.99. The Hall–Kier alpha value is -2.34. The van der Waals surface area contributed by atoms with E-state index in [1.165, 1.54) is 0 Å².